The first-order valence-electron chi connectivity index (χ1n) is 7.21. The summed E-state index contributed by atoms with van der Waals surface area (Å²) < 4.78 is 1.78. The number of carbonyl (C=O) groups is 1. The maximum Gasteiger partial charge on any atom is 0.228 e. The summed E-state index contributed by atoms with van der Waals surface area (Å²) in [5.74, 6) is 0.823. The van der Waals surface area contributed by atoms with Crippen molar-refractivity contribution in [1.82, 2.24) is 9.78 Å². The molecule has 0 spiro atoms. The highest BCUT2D eigenvalue weighted by molar-refractivity contribution is 6.30. The fourth-order valence-corrected chi connectivity index (χ4v) is 2.34. The number of aromatic nitrogens is 2. The number of rotatable bonds is 6. The fraction of sp³-hybridized carbons (Fsp3) is 0.375. The Bertz CT molecular complexity index is 588. The zero-order chi connectivity index (χ0) is 15.2. The second-order valence-electron chi connectivity index (χ2n) is 5.00. The largest absolute Gasteiger partial charge is 0.311 e. The van der Waals surface area contributed by atoms with Gasteiger partial charge in [-0.1, -0.05) is 37.6 Å². The van der Waals surface area contributed by atoms with Crippen molar-refractivity contribution in [2.24, 2.45) is 5.92 Å². The van der Waals surface area contributed by atoms with Crippen LogP contribution in [0.3, 0.4) is 0 Å². The molecule has 0 fully saturated rings. The maximum absolute atomic E-state index is 12.2. The molecular formula is C16H20ClN3O. The molecule has 1 amide bonds. The molecule has 4 nitrogen and oxygen atoms in total. The minimum Gasteiger partial charge on any atom is -0.311 e. The molecule has 0 unspecified atom stereocenters. The van der Waals surface area contributed by atoms with Gasteiger partial charge in [0.05, 0.1) is 12.7 Å². The van der Waals surface area contributed by atoms with Crippen molar-refractivity contribution in [2.75, 3.05) is 5.32 Å². The molecule has 1 aromatic heterocycles. The van der Waals surface area contributed by atoms with Gasteiger partial charge in [-0.2, -0.15) is 5.10 Å². The summed E-state index contributed by atoms with van der Waals surface area (Å²) in [6.45, 7) is 4.65. The number of benzene rings is 1. The van der Waals surface area contributed by atoms with Crippen molar-refractivity contribution in [3.8, 4) is 0 Å². The van der Waals surface area contributed by atoms with Crippen LogP contribution in [0, 0.1) is 5.92 Å². The highest BCUT2D eigenvalue weighted by atomic mass is 35.5. The lowest BCUT2D eigenvalue weighted by molar-refractivity contribution is -0.120. The van der Waals surface area contributed by atoms with Crippen LogP contribution in [-0.4, -0.2) is 15.7 Å². The van der Waals surface area contributed by atoms with Crippen molar-refractivity contribution in [1.29, 1.82) is 0 Å². The summed E-state index contributed by atoms with van der Waals surface area (Å²) >= 11 is 5.88. The Morgan fingerprint density at radius 2 is 1.90 bits per heavy atom. The van der Waals surface area contributed by atoms with E-state index in [0.717, 1.165) is 24.2 Å². The number of hydrogen-bond donors (Lipinski definition) is 1. The third kappa shape index (κ3) is 4.08. The number of amides is 1. The molecular weight excluding hydrogens is 286 g/mol. The normalized spacial score (nSPS) is 10.9. The molecule has 1 N–H and O–H groups in total. The van der Waals surface area contributed by atoms with E-state index in [0.29, 0.717) is 11.6 Å². The number of nitrogens with one attached hydrogen (secondary N) is 1. The van der Waals surface area contributed by atoms with E-state index in [1.165, 1.54) is 0 Å². The standard InChI is InChI=1S/C16H20ClN3O/c1-3-13(4-2)16(21)19-15-9-10-18-20(15)11-12-5-7-14(17)8-6-12/h5-10,13H,3-4,11H2,1-2H3,(H,19,21). The Morgan fingerprint density at radius 3 is 2.52 bits per heavy atom. The molecule has 0 bridgehead atoms. The van der Waals surface area contributed by atoms with Gasteiger partial charge in [0.2, 0.25) is 5.91 Å². The number of carbonyl (C=O) groups excluding carboxylic acids is 1. The van der Waals surface area contributed by atoms with Gasteiger partial charge in [0.25, 0.3) is 0 Å². The number of anilines is 1. The van der Waals surface area contributed by atoms with E-state index in [4.69, 9.17) is 11.6 Å². The van der Waals surface area contributed by atoms with Crippen molar-refractivity contribution in [3.63, 3.8) is 0 Å². The van der Waals surface area contributed by atoms with Gasteiger partial charge in [0.15, 0.2) is 0 Å². The highest BCUT2D eigenvalue weighted by Gasteiger charge is 2.15. The molecule has 0 saturated carbocycles. The smallest absolute Gasteiger partial charge is 0.228 e. The SMILES string of the molecule is CCC(CC)C(=O)Nc1ccnn1Cc1ccc(Cl)cc1. The number of halogens is 1. The van der Waals surface area contributed by atoms with Gasteiger partial charge in [0, 0.05) is 17.0 Å². The molecule has 5 heteroatoms. The lowest BCUT2D eigenvalue weighted by Crippen LogP contribution is -2.23. The van der Waals surface area contributed by atoms with E-state index in [9.17, 15) is 4.79 Å². The Labute approximate surface area is 130 Å². The van der Waals surface area contributed by atoms with Crippen LogP contribution in [0.4, 0.5) is 5.82 Å². The van der Waals surface area contributed by atoms with Gasteiger partial charge in [-0.05, 0) is 30.5 Å². The first-order chi connectivity index (χ1) is 10.1. The van der Waals surface area contributed by atoms with Crippen molar-refractivity contribution < 1.29 is 4.79 Å². The van der Waals surface area contributed by atoms with Crippen molar-refractivity contribution in [2.45, 2.75) is 33.2 Å². The zero-order valence-electron chi connectivity index (χ0n) is 12.3. The van der Waals surface area contributed by atoms with Crippen LogP contribution in [0.2, 0.25) is 5.02 Å². The minimum atomic E-state index is 0.0453. The summed E-state index contributed by atoms with van der Waals surface area (Å²) in [6, 6.07) is 9.43. The van der Waals surface area contributed by atoms with Gasteiger partial charge >= 0.3 is 0 Å². The second-order valence-corrected chi connectivity index (χ2v) is 5.44. The summed E-state index contributed by atoms with van der Waals surface area (Å²) in [5.41, 5.74) is 1.08. The van der Waals surface area contributed by atoms with E-state index in [-0.39, 0.29) is 11.8 Å². The van der Waals surface area contributed by atoms with Crippen LogP contribution in [0.1, 0.15) is 32.3 Å². The molecule has 0 aliphatic rings. The van der Waals surface area contributed by atoms with Crippen LogP contribution in [0.5, 0.6) is 0 Å². The first-order valence-corrected chi connectivity index (χ1v) is 7.59. The lowest BCUT2D eigenvalue weighted by Gasteiger charge is -2.14. The van der Waals surface area contributed by atoms with Crippen LogP contribution >= 0.6 is 11.6 Å². The number of hydrogen-bond acceptors (Lipinski definition) is 2. The lowest BCUT2D eigenvalue weighted by atomic mass is 10.0. The van der Waals surface area contributed by atoms with E-state index in [1.54, 1.807) is 10.9 Å². The van der Waals surface area contributed by atoms with Crippen LogP contribution in [0.25, 0.3) is 0 Å². The van der Waals surface area contributed by atoms with Gasteiger partial charge in [0.1, 0.15) is 5.82 Å². The Morgan fingerprint density at radius 1 is 1.24 bits per heavy atom. The predicted molar refractivity (Wildman–Crippen MR) is 85.5 cm³/mol. The fourth-order valence-electron chi connectivity index (χ4n) is 2.22. The third-order valence-corrected chi connectivity index (χ3v) is 3.82. The average molecular weight is 306 g/mol. The second kappa shape index (κ2) is 7.27. The summed E-state index contributed by atoms with van der Waals surface area (Å²) in [6.07, 6.45) is 3.37. The summed E-state index contributed by atoms with van der Waals surface area (Å²) in [5, 5.41) is 7.94. The molecule has 21 heavy (non-hydrogen) atoms. The van der Waals surface area contributed by atoms with E-state index in [2.05, 4.69) is 10.4 Å². The van der Waals surface area contributed by atoms with E-state index in [1.807, 2.05) is 44.2 Å². The molecule has 2 aromatic rings. The molecule has 0 aliphatic heterocycles. The van der Waals surface area contributed by atoms with Crippen LogP contribution in [0.15, 0.2) is 36.5 Å². The molecule has 2 rings (SSSR count). The number of nitrogens with zero attached hydrogens (tertiary/aromatic N) is 2. The Balaban J connectivity index is 2.08. The van der Waals surface area contributed by atoms with E-state index >= 15 is 0 Å². The van der Waals surface area contributed by atoms with E-state index < -0.39 is 0 Å². The van der Waals surface area contributed by atoms with Gasteiger partial charge in [-0.3, -0.25) is 4.79 Å². The van der Waals surface area contributed by atoms with Gasteiger partial charge in [-0.15, -0.1) is 0 Å². The van der Waals surface area contributed by atoms with Gasteiger partial charge < -0.3 is 5.32 Å². The van der Waals surface area contributed by atoms with Crippen LogP contribution in [-0.2, 0) is 11.3 Å². The molecule has 0 radical (unpaired) electrons. The summed E-state index contributed by atoms with van der Waals surface area (Å²) in [4.78, 5) is 12.2. The minimum absolute atomic E-state index is 0.0453. The molecule has 1 aromatic carbocycles. The summed E-state index contributed by atoms with van der Waals surface area (Å²) in [7, 11) is 0. The van der Waals surface area contributed by atoms with Gasteiger partial charge in [-0.25, -0.2) is 4.68 Å². The molecule has 1 heterocycles. The topological polar surface area (TPSA) is 46.9 Å². The maximum atomic E-state index is 12.2. The quantitative estimate of drug-likeness (QED) is 0.878. The van der Waals surface area contributed by atoms with Crippen LogP contribution < -0.4 is 5.32 Å². The van der Waals surface area contributed by atoms with Crippen molar-refractivity contribution in [3.05, 3.63) is 47.1 Å². The predicted octanol–water partition coefficient (Wildman–Crippen LogP) is 3.96. The molecule has 0 atom stereocenters. The molecule has 112 valence electrons. The Kier molecular flexibility index (Phi) is 5.39. The third-order valence-electron chi connectivity index (χ3n) is 3.57. The monoisotopic (exact) mass is 305 g/mol. The first kappa shape index (κ1) is 15.6. The molecule has 0 saturated heterocycles. The zero-order valence-corrected chi connectivity index (χ0v) is 13.1. The molecule has 0 aliphatic carbocycles. The highest BCUT2D eigenvalue weighted by Crippen LogP contribution is 2.16. The average Bonchev–Trinajstić information content (AvgIpc) is 2.90. The Hall–Kier alpha value is -1.81. The van der Waals surface area contributed by atoms with Crippen molar-refractivity contribution >= 4 is 23.3 Å².